The highest BCUT2D eigenvalue weighted by atomic mass is 32.1. The molecule has 0 heterocycles. The molecule has 1 aromatic carbocycles. The van der Waals surface area contributed by atoms with Gasteiger partial charge in [-0.3, -0.25) is 4.79 Å². The third-order valence-electron chi connectivity index (χ3n) is 1.34. The van der Waals surface area contributed by atoms with Crippen molar-refractivity contribution in [3.05, 3.63) is 29.8 Å². The van der Waals surface area contributed by atoms with Crippen molar-refractivity contribution in [2.24, 2.45) is 0 Å². The maximum atomic E-state index is 10.1. The number of benzene rings is 1. The van der Waals surface area contributed by atoms with Crippen LogP contribution >= 0.6 is 12.6 Å². The maximum Gasteiger partial charge on any atom is 0.315 e. The first-order valence-corrected chi connectivity index (χ1v) is 4.13. The van der Waals surface area contributed by atoms with Crippen LogP contribution in [0.2, 0.25) is 0 Å². The average Bonchev–Trinajstić information content (AvgIpc) is 2.08. The summed E-state index contributed by atoms with van der Waals surface area (Å²) in [5, 5.41) is 8.32. The lowest BCUT2D eigenvalue weighted by Crippen LogP contribution is -1.90. The monoisotopic (exact) mass is 192 g/mol. The van der Waals surface area contributed by atoms with Gasteiger partial charge in [0.15, 0.2) is 0 Å². The molecule has 0 fully saturated rings. The summed E-state index contributed by atoms with van der Waals surface area (Å²) in [7, 11) is 0. The number of carboxylic acids is 1. The molecule has 0 spiro atoms. The van der Waals surface area contributed by atoms with E-state index in [1.54, 1.807) is 12.1 Å². The highest BCUT2D eigenvalue weighted by molar-refractivity contribution is 7.80. The minimum Gasteiger partial charge on any atom is -0.481 e. The lowest BCUT2D eigenvalue weighted by molar-refractivity contribution is -0.135. The topological polar surface area (TPSA) is 37.3 Å². The number of carboxylic acid groups (broad SMARTS) is 1. The number of rotatable bonds is 1. The molecule has 0 radical (unpaired) electrons. The van der Waals surface area contributed by atoms with Crippen molar-refractivity contribution in [3.8, 4) is 11.8 Å². The van der Waals surface area contributed by atoms with E-state index in [0.29, 0.717) is 0 Å². The second kappa shape index (κ2) is 4.58. The van der Waals surface area contributed by atoms with Gasteiger partial charge < -0.3 is 5.11 Å². The Kier molecular flexibility index (Phi) is 3.41. The molecule has 2 nitrogen and oxygen atoms in total. The number of carbonyl (C=O) groups is 1. The van der Waals surface area contributed by atoms with Crippen LogP contribution in [0.5, 0.6) is 0 Å². The second-order valence-electron chi connectivity index (χ2n) is 2.42. The Labute approximate surface area is 82.0 Å². The summed E-state index contributed by atoms with van der Waals surface area (Å²) in [6.45, 7) is 0. The summed E-state index contributed by atoms with van der Waals surface area (Å²) in [4.78, 5) is 11.0. The quantitative estimate of drug-likeness (QED) is 0.526. The summed E-state index contributed by atoms with van der Waals surface area (Å²) in [6.07, 6.45) is -0.122. The van der Waals surface area contributed by atoms with Gasteiger partial charge in [-0.1, -0.05) is 11.8 Å². The van der Waals surface area contributed by atoms with E-state index in [4.69, 9.17) is 5.11 Å². The molecule has 0 aromatic heterocycles. The molecule has 1 aromatic rings. The Bertz CT molecular complexity index is 357. The zero-order valence-electron chi connectivity index (χ0n) is 6.82. The van der Waals surface area contributed by atoms with Crippen LogP contribution < -0.4 is 0 Å². The van der Waals surface area contributed by atoms with Crippen molar-refractivity contribution >= 4 is 18.6 Å². The van der Waals surface area contributed by atoms with Crippen LogP contribution in [0.3, 0.4) is 0 Å². The molecule has 0 bridgehead atoms. The van der Waals surface area contributed by atoms with E-state index in [1.807, 2.05) is 12.1 Å². The minimum absolute atomic E-state index is 0.122. The first kappa shape index (κ1) is 9.69. The fourth-order valence-corrected chi connectivity index (χ4v) is 0.916. The fraction of sp³-hybridized carbons (Fsp3) is 0.100. The second-order valence-corrected chi connectivity index (χ2v) is 2.94. The first-order valence-electron chi connectivity index (χ1n) is 3.68. The molecule has 0 amide bonds. The van der Waals surface area contributed by atoms with Crippen LogP contribution in [0.25, 0.3) is 0 Å². The van der Waals surface area contributed by atoms with E-state index in [9.17, 15) is 4.79 Å². The number of aliphatic carboxylic acids is 1. The highest BCUT2D eigenvalue weighted by Gasteiger charge is 1.89. The first-order chi connectivity index (χ1) is 6.18. The SMILES string of the molecule is O=C(O)CC#Cc1ccc(S)cc1. The van der Waals surface area contributed by atoms with Crippen LogP contribution in [-0.4, -0.2) is 11.1 Å². The van der Waals surface area contributed by atoms with Gasteiger partial charge in [-0.05, 0) is 24.3 Å². The molecule has 0 saturated heterocycles. The van der Waals surface area contributed by atoms with Crippen LogP contribution in [-0.2, 0) is 4.79 Å². The predicted molar refractivity (Wildman–Crippen MR) is 52.8 cm³/mol. The Morgan fingerprint density at radius 1 is 1.38 bits per heavy atom. The molecular formula is C10H8O2S. The molecule has 1 rings (SSSR count). The molecular weight excluding hydrogens is 184 g/mol. The van der Waals surface area contributed by atoms with E-state index < -0.39 is 5.97 Å². The van der Waals surface area contributed by atoms with Gasteiger partial charge in [0.05, 0.1) is 0 Å². The Balaban J connectivity index is 2.67. The number of hydrogen-bond acceptors (Lipinski definition) is 2. The van der Waals surface area contributed by atoms with Crippen LogP contribution in [0.15, 0.2) is 29.2 Å². The summed E-state index contributed by atoms with van der Waals surface area (Å²) in [5.74, 6) is 4.38. The van der Waals surface area contributed by atoms with Gasteiger partial charge in [0.1, 0.15) is 6.42 Å². The summed E-state index contributed by atoms with van der Waals surface area (Å²) >= 11 is 4.11. The van der Waals surface area contributed by atoms with Gasteiger partial charge in [0.2, 0.25) is 0 Å². The van der Waals surface area contributed by atoms with E-state index in [2.05, 4.69) is 24.5 Å². The molecule has 3 heteroatoms. The Morgan fingerprint density at radius 2 is 2.00 bits per heavy atom. The van der Waals surface area contributed by atoms with Crippen LogP contribution in [0.4, 0.5) is 0 Å². The largest absolute Gasteiger partial charge is 0.481 e. The van der Waals surface area contributed by atoms with Crippen LogP contribution in [0.1, 0.15) is 12.0 Å². The van der Waals surface area contributed by atoms with Gasteiger partial charge in [-0.2, -0.15) is 0 Å². The van der Waals surface area contributed by atoms with Crippen molar-refractivity contribution in [2.45, 2.75) is 11.3 Å². The van der Waals surface area contributed by atoms with Gasteiger partial charge >= 0.3 is 5.97 Å². The third-order valence-corrected chi connectivity index (χ3v) is 1.64. The molecule has 0 aliphatic rings. The minimum atomic E-state index is -0.904. The molecule has 13 heavy (non-hydrogen) atoms. The van der Waals surface area contributed by atoms with E-state index in [0.717, 1.165) is 10.5 Å². The Morgan fingerprint density at radius 3 is 2.54 bits per heavy atom. The van der Waals surface area contributed by atoms with E-state index in [1.165, 1.54) is 0 Å². The average molecular weight is 192 g/mol. The normalized spacial score (nSPS) is 8.69. The van der Waals surface area contributed by atoms with Gasteiger partial charge in [0.25, 0.3) is 0 Å². The standard InChI is InChI=1S/C10H8O2S/c11-10(12)3-1-2-8-4-6-9(13)7-5-8/h4-7,13H,3H2,(H,11,12). The molecule has 0 aliphatic carbocycles. The highest BCUT2D eigenvalue weighted by Crippen LogP contribution is 2.06. The molecule has 0 unspecified atom stereocenters. The molecule has 1 N–H and O–H groups in total. The zero-order valence-corrected chi connectivity index (χ0v) is 7.71. The molecule has 66 valence electrons. The lowest BCUT2D eigenvalue weighted by atomic mass is 10.2. The summed E-state index contributed by atoms with van der Waals surface area (Å²) in [6, 6.07) is 7.23. The third kappa shape index (κ3) is 3.68. The summed E-state index contributed by atoms with van der Waals surface area (Å²) < 4.78 is 0. The number of thiol groups is 1. The van der Waals surface area contributed by atoms with Gasteiger partial charge in [-0.15, -0.1) is 12.6 Å². The molecule has 0 saturated carbocycles. The fourth-order valence-electron chi connectivity index (χ4n) is 0.767. The van der Waals surface area contributed by atoms with Crippen molar-refractivity contribution in [1.29, 1.82) is 0 Å². The molecule has 0 atom stereocenters. The van der Waals surface area contributed by atoms with Crippen molar-refractivity contribution in [1.82, 2.24) is 0 Å². The van der Waals surface area contributed by atoms with Crippen LogP contribution in [0, 0.1) is 11.8 Å². The maximum absolute atomic E-state index is 10.1. The zero-order chi connectivity index (χ0) is 9.68. The number of hydrogen-bond donors (Lipinski definition) is 2. The summed E-state index contributed by atoms with van der Waals surface area (Å²) in [5.41, 5.74) is 0.805. The van der Waals surface area contributed by atoms with Crippen molar-refractivity contribution in [2.75, 3.05) is 0 Å². The van der Waals surface area contributed by atoms with E-state index in [-0.39, 0.29) is 6.42 Å². The van der Waals surface area contributed by atoms with Crippen molar-refractivity contribution < 1.29 is 9.90 Å². The van der Waals surface area contributed by atoms with Gasteiger partial charge in [-0.25, -0.2) is 0 Å². The smallest absolute Gasteiger partial charge is 0.315 e. The van der Waals surface area contributed by atoms with E-state index >= 15 is 0 Å². The predicted octanol–water partition coefficient (Wildman–Crippen LogP) is 1.80. The van der Waals surface area contributed by atoms with Crippen molar-refractivity contribution in [3.63, 3.8) is 0 Å². The molecule has 0 aliphatic heterocycles. The lowest BCUT2D eigenvalue weighted by Gasteiger charge is -1.90. The Hall–Kier alpha value is -1.40. The van der Waals surface area contributed by atoms with Gasteiger partial charge in [0, 0.05) is 10.5 Å².